The molecule has 3 heteroatoms. The summed E-state index contributed by atoms with van der Waals surface area (Å²) < 4.78 is 6.18. The maximum absolute atomic E-state index is 10.2. The van der Waals surface area contributed by atoms with Crippen molar-refractivity contribution >= 4 is 11.0 Å². The van der Waals surface area contributed by atoms with Crippen LogP contribution in [-0.2, 0) is 6.42 Å². The maximum Gasteiger partial charge on any atom is 0.176 e. The van der Waals surface area contributed by atoms with E-state index in [4.69, 9.17) is 4.42 Å². The van der Waals surface area contributed by atoms with Gasteiger partial charge in [-0.3, -0.25) is 4.90 Å². The fourth-order valence-electron chi connectivity index (χ4n) is 5.16. The Balaban J connectivity index is 1.75. The number of phenols is 1. The van der Waals surface area contributed by atoms with Crippen LogP contribution in [0.25, 0.3) is 11.0 Å². The molecule has 0 radical (unpaired) electrons. The van der Waals surface area contributed by atoms with Crippen LogP contribution in [0.5, 0.6) is 5.75 Å². The Morgan fingerprint density at radius 3 is 2.88 bits per heavy atom. The Labute approximate surface area is 144 Å². The molecule has 1 N–H and O–H groups in total. The molecule has 5 unspecified atom stereocenters. The van der Waals surface area contributed by atoms with Gasteiger partial charge in [0, 0.05) is 36.0 Å². The molecule has 5 atom stereocenters. The van der Waals surface area contributed by atoms with Crippen molar-refractivity contribution in [1.82, 2.24) is 4.90 Å². The second-order valence-electron chi connectivity index (χ2n) is 7.99. The summed E-state index contributed by atoms with van der Waals surface area (Å²) in [4.78, 5) is 2.70. The van der Waals surface area contributed by atoms with Gasteiger partial charge in [-0.2, -0.15) is 0 Å². The van der Waals surface area contributed by atoms with Crippen molar-refractivity contribution in [3.63, 3.8) is 0 Å². The molecule has 0 aliphatic carbocycles. The van der Waals surface area contributed by atoms with Gasteiger partial charge in [-0.05, 0) is 44.1 Å². The van der Waals surface area contributed by atoms with Crippen molar-refractivity contribution in [2.24, 2.45) is 11.8 Å². The molecule has 130 valence electrons. The number of phenolic OH excluding ortho intramolecular Hbond substituents is 1. The largest absolute Gasteiger partial charge is 0.504 e. The van der Waals surface area contributed by atoms with E-state index in [2.05, 4.69) is 31.7 Å². The molecule has 1 fully saturated rings. The number of benzene rings is 1. The van der Waals surface area contributed by atoms with Crippen LogP contribution in [0.15, 0.2) is 22.6 Å². The monoisotopic (exact) mass is 327 g/mol. The smallest absolute Gasteiger partial charge is 0.176 e. The van der Waals surface area contributed by atoms with E-state index in [1.165, 1.54) is 31.4 Å². The van der Waals surface area contributed by atoms with E-state index in [0.717, 1.165) is 35.9 Å². The van der Waals surface area contributed by atoms with Crippen LogP contribution < -0.4 is 0 Å². The van der Waals surface area contributed by atoms with Crippen molar-refractivity contribution in [3.05, 3.63) is 29.5 Å². The number of furan rings is 1. The molecule has 0 amide bonds. The standard InChI is InChI=1S/C21H29NO2/c1-4-16-11-15-10-13(2)20-18(8-9-22(12-15)14(16)3)17-6-5-7-19(23)21(17)24-20/h5-7,13-16,23H,4,8-12H2,1-3H3. The van der Waals surface area contributed by atoms with Crippen LogP contribution in [0.3, 0.4) is 0 Å². The van der Waals surface area contributed by atoms with Gasteiger partial charge in [-0.1, -0.05) is 32.4 Å². The summed E-state index contributed by atoms with van der Waals surface area (Å²) in [5.74, 6) is 3.38. The third-order valence-electron chi connectivity index (χ3n) is 6.52. The minimum atomic E-state index is 0.268. The summed E-state index contributed by atoms with van der Waals surface area (Å²) in [5.41, 5.74) is 2.00. The highest BCUT2D eigenvalue weighted by Gasteiger charge is 2.35. The lowest BCUT2D eigenvalue weighted by Gasteiger charge is -2.43. The Bertz CT molecular complexity index is 735. The molecule has 2 aromatic rings. The summed E-state index contributed by atoms with van der Waals surface area (Å²) in [5, 5.41) is 11.3. The molecular formula is C21H29NO2. The highest BCUT2D eigenvalue weighted by Crippen LogP contribution is 2.42. The lowest BCUT2D eigenvalue weighted by molar-refractivity contribution is 0.0603. The SMILES string of the molecule is CCC1CC2CC(C)c3oc4c(O)cccc4c3CCN(C2)C1C. The quantitative estimate of drug-likeness (QED) is 0.807. The number of nitrogens with zero attached hydrogens (tertiary/aromatic N) is 1. The van der Waals surface area contributed by atoms with E-state index in [-0.39, 0.29) is 5.75 Å². The number of aromatic hydroxyl groups is 1. The first-order valence-corrected chi connectivity index (χ1v) is 9.55. The zero-order chi connectivity index (χ0) is 16.8. The summed E-state index contributed by atoms with van der Waals surface area (Å²) in [6, 6.07) is 6.43. The Morgan fingerprint density at radius 1 is 1.25 bits per heavy atom. The van der Waals surface area contributed by atoms with Gasteiger partial charge in [-0.25, -0.2) is 0 Å². The number of fused-ring (bicyclic) bond motifs is 5. The molecular weight excluding hydrogens is 298 g/mol. The summed E-state index contributed by atoms with van der Waals surface area (Å²) >= 11 is 0. The minimum Gasteiger partial charge on any atom is -0.504 e. The van der Waals surface area contributed by atoms with Crippen LogP contribution in [0.4, 0.5) is 0 Å². The third kappa shape index (κ3) is 2.54. The van der Waals surface area contributed by atoms with E-state index in [0.29, 0.717) is 17.5 Å². The first kappa shape index (κ1) is 16.0. The number of hydrogen-bond donors (Lipinski definition) is 1. The lowest BCUT2D eigenvalue weighted by atomic mass is 9.79. The van der Waals surface area contributed by atoms with Crippen molar-refractivity contribution in [3.8, 4) is 5.75 Å². The second kappa shape index (κ2) is 6.11. The van der Waals surface area contributed by atoms with E-state index in [9.17, 15) is 5.11 Å². The topological polar surface area (TPSA) is 36.6 Å². The van der Waals surface area contributed by atoms with Gasteiger partial charge in [0.25, 0.3) is 0 Å². The highest BCUT2D eigenvalue weighted by molar-refractivity contribution is 5.87. The molecule has 3 nitrogen and oxygen atoms in total. The molecule has 3 heterocycles. The number of piperidine rings is 1. The molecule has 1 saturated heterocycles. The average molecular weight is 327 g/mol. The van der Waals surface area contributed by atoms with Crippen molar-refractivity contribution in [2.45, 2.75) is 58.4 Å². The average Bonchev–Trinajstić information content (AvgIpc) is 2.96. The molecule has 2 aliphatic rings. The van der Waals surface area contributed by atoms with Gasteiger partial charge in [0.05, 0.1) is 0 Å². The fourth-order valence-corrected chi connectivity index (χ4v) is 5.16. The van der Waals surface area contributed by atoms with E-state index < -0.39 is 0 Å². The first-order valence-electron chi connectivity index (χ1n) is 9.55. The van der Waals surface area contributed by atoms with Gasteiger partial charge in [0.2, 0.25) is 0 Å². The van der Waals surface area contributed by atoms with Crippen LogP contribution in [0, 0.1) is 11.8 Å². The highest BCUT2D eigenvalue weighted by atomic mass is 16.4. The normalized spacial score (nSPS) is 33.5. The summed E-state index contributed by atoms with van der Waals surface area (Å²) in [6.07, 6.45) is 4.83. The maximum atomic E-state index is 10.2. The molecule has 4 rings (SSSR count). The van der Waals surface area contributed by atoms with Crippen LogP contribution in [0.2, 0.25) is 0 Å². The zero-order valence-electron chi connectivity index (χ0n) is 15.1. The van der Waals surface area contributed by atoms with Gasteiger partial charge in [0.15, 0.2) is 11.3 Å². The summed E-state index contributed by atoms with van der Waals surface area (Å²) in [7, 11) is 0. The zero-order valence-corrected chi connectivity index (χ0v) is 15.1. The third-order valence-corrected chi connectivity index (χ3v) is 6.52. The van der Waals surface area contributed by atoms with Crippen molar-refractivity contribution in [1.29, 1.82) is 0 Å². The Hall–Kier alpha value is -1.48. The predicted octanol–water partition coefficient (Wildman–Crippen LogP) is 4.92. The van der Waals surface area contributed by atoms with E-state index in [1.807, 2.05) is 6.07 Å². The molecule has 1 aromatic carbocycles. The number of hydrogen-bond acceptors (Lipinski definition) is 3. The molecule has 2 aliphatic heterocycles. The van der Waals surface area contributed by atoms with Gasteiger partial charge in [-0.15, -0.1) is 0 Å². The van der Waals surface area contributed by atoms with Crippen molar-refractivity contribution < 1.29 is 9.52 Å². The van der Waals surface area contributed by atoms with Crippen LogP contribution in [0.1, 0.15) is 57.3 Å². The van der Waals surface area contributed by atoms with Gasteiger partial charge >= 0.3 is 0 Å². The number of para-hydroxylation sites is 1. The van der Waals surface area contributed by atoms with E-state index in [1.54, 1.807) is 6.07 Å². The van der Waals surface area contributed by atoms with Gasteiger partial charge in [0.1, 0.15) is 5.76 Å². The predicted molar refractivity (Wildman–Crippen MR) is 97.5 cm³/mol. The first-order chi connectivity index (χ1) is 11.6. The van der Waals surface area contributed by atoms with Crippen molar-refractivity contribution in [2.75, 3.05) is 13.1 Å². The van der Waals surface area contributed by atoms with Crippen LogP contribution >= 0.6 is 0 Å². The molecule has 1 aromatic heterocycles. The molecule has 0 saturated carbocycles. The van der Waals surface area contributed by atoms with Gasteiger partial charge < -0.3 is 9.52 Å². The summed E-state index contributed by atoms with van der Waals surface area (Å²) in [6.45, 7) is 9.37. The van der Waals surface area contributed by atoms with E-state index >= 15 is 0 Å². The molecule has 2 bridgehead atoms. The Morgan fingerprint density at radius 2 is 2.08 bits per heavy atom. The minimum absolute atomic E-state index is 0.268. The Kier molecular flexibility index (Phi) is 4.07. The van der Waals surface area contributed by atoms with Crippen LogP contribution in [-0.4, -0.2) is 29.1 Å². The lowest BCUT2D eigenvalue weighted by Crippen LogP contribution is -2.47. The molecule has 24 heavy (non-hydrogen) atoms. The second-order valence-corrected chi connectivity index (χ2v) is 7.99. The number of rotatable bonds is 1. The fraction of sp³-hybridized carbons (Fsp3) is 0.619. The molecule has 0 spiro atoms.